The summed E-state index contributed by atoms with van der Waals surface area (Å²) in [6.07, 6.45) is 5.65. The molecule has 0 bridgehead atoms. The van der Waals surface area contributed by atoms with Gasteiger partial charge in [-0.15, -0.1) is 0 Å². The molecule has 1 fully saturated rings. The molecule has 1 atom stereocenters. The zero-order chi connectivity index (χ0) is 17.4. The number of hydrogen-bond donors (Lipinski definition) is 3. The molecule has 0 spiro atoms. The molecule has 3 N–H and O–H groups in total. The average Bonchev–Trinajstić information content (AvgIpc) is 2.60. The molecule has 0 saturated heterocycles. The number of carbonyl (C=O) groups is 2. The van der Waals surface area contributed by atoms with Crippen LogP contribution in [0, 0.1) is 5.92 Å². The van der Waals surface area contributed by atoms with Crippen LogP contribution in [0.3, 0.4) is 0 Å². The van der Waals surface area contributed by atoms with Crippen molar-refractivity contribution in [2.75, 3.05) is 0 Å². The van der Waals surface area contributed by atoms with E-state index in [0.717, 1.165) is 36.8 Å². The Hall–Kier alpha value is -1.88. The van der Waals surface area contributed by atoms with Gasteiger partial charge in [0, 0.05) is 24.9 Å². The summed E-state index contributed by atoms with van der Waals surface area (Å²) in [5.74, 6) is 0.0977. The minimum Gasteiger partial charge on any atom is -0.392 e. The minimum absolute atomic E-state index is 0.0418. The Kier molecular flexibility index (Phi) is 7.25. The number of amides is 2. The van der Waals surface area contributed by atoms with E-state index >= 15 is 0 Å². The molecule has 0 heterocycles. The van der Waals surface area contributed by atoms with Gasteiger partial charge in [0.25, 0.3) is 0 Å². The lowest BCUT2D eigenvalue weighted by atomic mass is 9.88. The maximum absolute atomic E-state index is 12.2. The molecule has 1 aromatic rings. The van der Waals surface area contributed by atoms with E-state index in [1.165, 1.54) is 6.42 Å². The number of benzene rings is 1. The van der Waals surface area contributed by atoms with E-state index in [1.807, 2.05) is 31.2 Å². The molecule has 1 unspecified atom stereocenters. The molecule has 24 heavy (non-hydrogen) atoms. The van der Waals surface area contributed by atoms with Crippen LogP contribution in [0.25, 0.3) is 0 Å². The van der Waals surface area contributed by atoms with E-state index in [9.17, 15) is 14.7 Å². The van der Waals surface area contributed by atoms with Crippen molar-refractivity contribution < 1.29 is 14.7 Å². The maximum atomic E-state index is 12.2. The first-order valence-electron chi connectivity index (χ1n) is 8.85. The average molecular weight is 332 g/mol. The first-order valence-corrected chi connectivity index (χ1v) is 8.85. The van der Waals surface area contributed by atoms with E-state index in [1.54, 1.807) is 0 Å². The topological polar surface area (TPSA) is 78.4 Å². The van der Waals surface area contributed by atoms with Crippen molar-refractivity contribution in [3.63, 3.8) is 0 Å². The highest BCUT2D eigenvalue weighted by atomic mass is 16.3. The van der Waals surface area contributed by atoms with Gasteiger partial charge in [0.05, 0.1) is 6.61 Å². The third-order valence-corrected chi connectivity index (χ3v) is 4.62. The molecule has 1 aliphatic carbocycles. The van der Waals surface area contributed by atoms with Gasteiger partial charge in [-0.25, -0.2) is 0 Å². The molecule has 132 valence electrons. The smallest absolute Gasteiger partial charge is 0.223 e. The van der Waals surface area contributed by atoms with Crippen molar-refractivity contribution in [2.45, 2.75) is 64.6 Å². The van der Waals surface area contributed by atoms with Crippen molar-refractivity contribution >= 4 is 11.8 Å². The third kappa shape index (κ3) is 5.64. The summed E-state index contributed by atoms with van der Waals surface area (Å²) < 4.78 is 0. The van der Waals surface area contributed by atoms with E-state index < -0.39 is 0 Å². The molecule has 1 saturated carbocycles. The molecule has 0 aromatic heterocycles. The SMILES string of the molecule is CC(CC(=O)NCc1ccccc1CO)NC(=O)C1CCCCC1. The summed E-state index contributed by atoms with van der Waals surface area (Å²) in [5.41, 5.74) is 1.73. The molecule has 5 heteroatoms. The Morgan fingerprint density at radius 2 is 1.83 bits per heavy atom. The van der Waals surface area contributed by atoms with E-state index in [-0.39, 0.29) is 36.8 Å². The Balaban J connectivity index is 1.74. The van der Waals surface area contributed by atoms with Gasteiger partial charge in [0.1, 0.15) is 0 Å². The largest absolute Gasteiger partial charge is 0.392 e. The molecule has 2 amide bonds. The standard InChI is InChI=1S/C19H28N2O3/c1-14(21-19(24)15-7-3-2-4-8-15)11-18(23)20-12-16-9-5-6-10-17(16)13-22/h5-6,9-10,14-15,22H,2-4,7-8,11-13H2,1H3,(H,20,23)(H,21,24). The van der Waals surface area contributed by atoms with Gasteiger partial charge >= 0.3 is 0 Å². The fraction of sp³-hybridized carbons (Fsp3) is 0.579. The normalized spacial score (nSPS) is 16.4. The summed E-state index contributed by atoms with van der Waals surface area (Å²) in [4.78, 5) is 24.2. The highest BCUT2D eigenvalue weighted by Crippen LogP contribution is 2.23. The highest BCUT2D eigenvalue weighted by molar-refractivity contribution is 5.81. The van der Waals surface area contributed by atoms with Crippen molar-refractivity contribution in [1.29, 1.82) is 0 Å². The number of rotatable bonds is 7. The van der Waals surface area contributed by atoms with Crippen LogP contribution in [-0.4, -0.2) is 23.0 Å². The Morgan fingerprint density at radius 3 is 2.50 bits per heavy atom. The Bertz CT molecular complexity index is 553. The van der Waals surface area contributed by atoms with Gasteiger partial charge in [-0.3, -0.25) is 9.59 Å². The zero-order valence-electron chi connectivity index (χ0n) is 14.4. The third-order valence-electron chi connectivity index (χ3n) is 4.62. The molecular weight excluding hydrogens is 304 g/mol. The van der Waals surface area contributed by atoms with E-state index in [4.69, 9.17) is 0 Å². The predicted octanol–water partition coefficient (Wildman–Crippen LogP) is 2.27. The van der Waals surface area contributed by atoms with Crippen LogP contribution in [0.2, 0.25) is 0 Å². The minimum atomic E-state index is -0.174. The highest BCUT2D eigenvalue weighted by Gasteiger charge is 2.22. The van der Waals surface area contributed by atoms with Gasteiger partial charge in [-0.05, 0) is 30.9 Å². The predicted molar refractivity (Wildman–Crippen MR) is 93.0 cm³/mol. The van der Waals surface area contributed by atoms with Crippen LogP contribution in [0.15, 0.2) is 24.3 Å². The van der Waals surface area contributed by atoms with Crippen LogP contribution < -0.4 is 10.6 Å². The number of aliphatic hydroxyl groups is 1. The van der Waals surface area contributed by atoms with Gasteiger partial charge in [0.2, 0.25) is 11.8 Å². The quantitative estimate of drug-likeness (QED) is 0.717. The van der Waals surface area contributed by atoms with Crippen molar-refractivity contribution in [1.82, 2.24) is 10.6 Å². The van der Waals surface area contributed by atoms with Crippen LogP contribution >= 0.6 is 0 Å². The maximum Gasteiger partial charge on any atom is 0.223 e. The lowest BCUT2D eigenvalue weighted by Gasteiger charge is -2.23. The lowest BCUT2D eigenvalue weighted by molar-refractivity contribution is -0.127. The van der Waals surface area contributed by atoms with Gasteiger partial charge in [-0.2, -0.15) is 0 Å². The second-order valence-corrected chi connectivity index (χ2v) is 6.65. The molecule has 1 aromatic carbocycles. The summed E-state index contributed by atoms with van der Waals surface area (Å²) in [6.45, 7) is 2.21. The van der Waals surface area contributed by atoms with Gasteiger partial charge in [0.15, 0.2) is 0 Å². The first-order chi connectivity index (χ1) is 11.6. The molecule has 2 rings (SSSR count). The number of nitrogens with one attached hydrogen (secondary N) is 2. The van der Waals surface area contributed by atoms with E-state index in [0.29, 0.717) is 6.54 Å². The second-order valence-electron chi connectivity index (χ2n) is 6.65. The summed E-state index contributed by atoms with van der Waals surface area (Å²) in [5, 5.41) is 15.1. The monoisotopic (exact) mass is 332 g/mol. The lowest BCUT2D eigenvalue weighted by Crippen LogP contribution is -2.40. The first kappa shape index (κ1) is 18.5. The Labute approximate surface area is 143 Å². The van der Waals surface area contributed by atoms with Gasteiger partial charge < -0.3 is 15.7 Å². The van der Waals surface area contributed by atoms with Crippen molar-refractivity contribution in [2.24, 2.45) is 5.92 Å². The molecule has 0 radical (unpaired) electrons. The molecule has 5 nitrogen and oxygen atoms in total. The Morgan fingerprint density at radius 1 is 1.17 bits per heavy atom. The molecule has 0 aliphatic heterocycles. The van der Waals surface area contributed by atoms with Crippen LogP contribution in [-0.2, 0) is 22.7 Å². The number of carbonyl (C=O) groups excluding carboxylic acids is 2. The van der Waals surface area contributed by atoms with Crippen molar-refractivity contribution in [3.05, 3.63) is 35.4 Å². The number of aliphatic hydroxyl groups excluding tert-OH is 1. The fourth-order valence-corrected chi connectivity index (χ4v) is 3.20. The molecule has 1 aliphatic rings. The fourth-order valence-electron chi connectivity index (χ4n) is 3.20. The van der Waals surface area contributed by atoms with Crippen molar-refractivity contribution in [3.8, 4) is 0 Å². The zero-order valence-corrected chi connectivity index (χ0v) is 14.4. The molecular formula is C19H28N2O3. The van der Waals surface area contributed by atoms with Gasteiger partial charge in [-0.1, -0.05) is 43.5 Å². The van der Waals surface area contributed by atoms with Crippen LogP contribution in [0.4, 0.5) is 0 Å². The van der Waals surface area contributed by atoms with Crippen LogP contribution in [0.1, 0.15) is 56.6 Å². The summed E-state index contributed by atoms with van der Waals surface area (Å²) in [7, 11) is 0. The number of hydrogen-bond acceptors (Lipinski definition) is 3. The summed E-state index contributed by atoms with van der Waals surface area (Å²) >= 11 is 0. The summed E-state index contributed by atoms with van der Waals surface area (Å²) in [6, 6.07) is 7.30. The van der Waals surface area contributed by atoms with Crippen LogP contribution in [0.5, 0.6) is 0 Å². The van der Waals surface area contributed by atoms with E-state index in [2.05, 4.69) is 10.6 Å². The second kappa shape index (κ2) is 9.42.